The van der Waals surface area contributed by atoms with E-state index >= 15 is 0 Å². The number of nitrogen functional groups attached to an aromatic ring is 1. The van der Waals surface area contributed by atoms with Crippen LogP contribution in [0.2, 0.25) is 5.02 Å². The zero-order chi connectivity index (χ0) is 9.14. The van der Waals surface area contributed by atoms with Crippen molar-refractivity contribution in [2.45, 2.75) is 19.9 Å². The van der Waals surface area contributed by atoms with E-state index < -0.39 is 0 Å². The van der Waals surface area contributed by atoms with Gasteiger partial charge in [0.05, 0.1) is 16.4 Å². The van der Waals surface area contributed by atoms with Crippen molar-refractivity contribution in [3.8, 4) is 0 Å². The van der Waals surface area contributed by atoms with Crippen molar-refractivity contribution >= 4 is 23.0 Å². The summed E-state index contributed by atoms with van der Waals surface area (Å²) in [6.07, 6.45) is 0. The molecule has 0 unspecified atom stereocenters. The van der Waals surface area contributed by atoms with Crippen LogP contribution < -0.4 is 11.1 Å². The lowest BCUT2D eigenvalue weighted by molar-refractivity contribution is 0.900. The van der Waals surface area contributed by atoms with Crippen LogP contribution in [0.4, 0.5) is 11.4 Å². The molecule has 66 valence electrons. The summed E-state index contributed by atoms with van der Waals surface area (Å²) in [7, 11) is 0. The Kier molecular flexibility index (Phi) is 2.82. The molecular formula is C9H13ClN2. The van der Waals surface area contributed by atoms with E-state index in [9.17, 15) is 0 Å². The second kappa shape index (κ2) is 3.68. The van der Waals surface area contributed by atoms with Gasteiger partial charge in [-0.25, -0.2) is 0 Å². The van der Waals surface area contributed by atoms with Crippen molar-refractivity contribution in [2.24, 2.45) is 0 Å². The smallest absolute Gasteiger partial charge is 0.0765 e. The van der Waals surface area contributed by atoms with Crippen molar-refractivity contribution in [1.82, 2.24) is 0 Å². The molecule has 0 amide bonds. The zero-order valence-corrected chi connectivity index (χ0v) is 8.02. The monoisotopic (exact) mass is 184 g/mol. The fourth-order valence-corrected chi connectivity index (χ4v) is 1.22. The second-order valence-electron chi connectivity index (χ2n) is 3.00. The van der Waals surface area contributed by atoms with E-state index in [1.54, 1.807) is 0 Å². The molecular weight excluding hydrogens is 172 g/mol. The molecule has 1 aromatic rings. The first-order chi connectivity index (χ1) is 5.61. The minimum absolute atomic E-state index is 0.340. The maximum Gasteiger partial charge on any atom is 0.0765 e. The van der Waals surface area contributed by atoms with Crippen LogP contribution in [0.5, 0.6) is 0 Å². The molecule has 0 atom stereocenters. The van der Waals surface area contributed by atoms with E-state index in [-0.39, 0.29) is 0 Å². The standard InChI is InChI=1S/C9H13ClN2/c1-6(2)12-9-7(10)4-3-5-8(9)11/h3-6,12H,11H2,1-2H3. The minimum atomic E-state index is 0.340. The molecule has 1 rings (SSSR count). The van der Waals surface area contributed by atoms with Gasteiger partial charge < -0.3 is 11.1 Å². The van der Waals surface area contributed by atoms with Crippen LogP contribution in [-0.4, -0.2) is 6.04 Å². The van der Waals surface area contributed by atoms with E-state index in [1.165, 1.54) is 0 Å². The Morgan fingerprint density at radius 3 is 2.58 bits per heavy atom. The number of nitrogens with one attached hydrogen (secondary N) is 1. The van der Waals surface area contributed by atoms with Crippen LogP contribution in [0, 0.1) is 0 Å². The van der Waals surface area contributed by atoms with Gasteiger partial charge in [-0.1, -0.05) is 17.7 Å². The molecule has 3 heteroatoms. The molecule has 0 aliphatic heterocycles. The maximum atomic E-state index is 5.93. The van der Waals surface area contributed by atoms with Crippen molar-refractivity contribution in [3.63, 3.8) is 0 Å². The molecule has 0 aliphatic carbocycles. The summed E-state index contributed by atoms with van der Waals surface area (Å²) in [6.45, 7) is 4.09. The topological polar surface area (TPSA) is 38.0 Å². The highest BCUT2D eigenvalue weighted by atomic mass is 35.5. The van der Waals surface area contributed by atoms with Gasteiger partial charge in [-0.15, -0.1) is 0 Å². The highest BCUT2D eigenvalue weighted by Gasteiger charge is 2.04. The Labute approximate surface area is 77.7 Å². The molecule has 0 heterocycles. The average Bonchev–Trinajstić information content (AvgIpc) is 1.97. The fraction of sp³-hybridized carbons (Fsp3) is 0.333. The van der Waals surface area contributed by atoms with Gasteiger partial charge in [0.25, 0.3) is 0 Å². The van der Waals surface area contributed by atoms with Crippen LogP contribution in [0.1, 0.15) is 13.8 Å². The van der Waals surface area contributed by atoms with Crippen LogP contribution in [0.15, 0.2) is 18.2 Å². The van der Waals surface area contributed by atoms with E-state index in [0.29, 0.717) is 16.8 Å². The SMILES string of the molecule is CC(C)Nc1c(N)cccc1Cl. The number of rotatable bonds is 2. The molecule has 0 aromatic heterocycles. The summed E-state index contributed by atoms with van der Waals surface area (Å²) < 4.78 is 0. The van der Waals surface area contributed by atoms with Crippen molar-refractivity contribution < 1.29 is 0 Å². The molecule has 0 fully saturated rings. The van der Waals surface area contributed by atoms with Crippen molar-refractivity contribution in [1.29, 1.82) is 0 Å². The number of hydrogen-bond acceptors (Lipinski definition) is 2. The third-order valence-corrected chi connectivity index (χ3v) is 1.79. The summed E-state index contributed by atoms with van der Waals surface area (Å²) in [5, 5.41) is 3.85. The first kappa shape index (κ1) is 9.20. The van der Waals surface area contributed by atoms with Crippen molar-refractivity contribution in [3.05, 3.63) is 23.2 Å². The number of benzene rings is 1. The molecule has 2 nitrogen and oxygen atoms in total. The first-order valence-corrected chi connectivity index (χ1v) is 4.29. The summed E-state index contributed by atoms with van der Waals surface area (Å²) in [6, 6.07) is 5.83. The van der Waals surface area contributed by atoms with Gasteiger partial charge >= 0.3 is 0 Å². The van der Waals surface area contributed by atoms with Crippen LogP contribution in [0.3, 0.4) is 0 Å². The number of anilines is 2. The van der Waals surface area contributed by atoms with Gasteiger partial charge in [0.2, 0.25) is 0 Å². The zero-order valence-electron chi connectivity index (χ0n) is 7.26. The number of nitrogens with two attached hydrogens (primary N) is 1. The molecule has 0 aliphatic rings. The van der Waals surface area contributed by atoms with E-state index in [4.69, 9.17) is 17.3 Å². The van der Waals surface area contributed by atoms with E-state index in [0.717, 1.165) is 5.69 Å². The third-order valence-electron chi connectivity index (χ3n) is 1.48. The van der Waals surface area contributed by atoms with Gasteiger partial charge in [-0.2, -0.15) is 0 Å². The Morgan fingerprint density at radius 1 is 1.42 bits per heavy atom. The Balaban J connectivity index is 2.96. The van der Waals surface area contributed by atoms with Gasteiger partial charge in [-0.3, -0.25) is 0 Å². The molecule has 0 spiro atoms. The molecule has 0 saturated carbocycles. The van der Waals surface area contributed by atoms with Gasteiger partial charge in [0.15, 0.2) is 0 Å². The van der Waals surface area contributed by atoms with Crippen LogP contribution >= 0.6 is 11.6 Å². The molecule has 1 aromatic carbocycles. The Hall–Kier alpha value is -0.890. The molecule has 0 radical (unpaired) electrons. The maximum absolute atomic E-state index is 5.93. The quantitative estimate of drug-likeness (QED) is 0.694. The van der Waals surface area contributed by atoms with Gasteiger partial charge in [-0.05, 0) is 26.0 Å². The molecule has 0 saturated heterocycles. The normalized spacial score (nSPS) is 10.3. The third kappa shape index (κ3) is 2.05. The summed E-state index contributed by atoms with van der Waals surface area (Å²) in [4.78, 5) is 0. The van der Waals surface area contributed by atoms with Gasteiger partial charge in [0, 0.05) is 6.04 Å². The first-order valence-electron chi connectivity index (χ1n) is 3.92. The van der Waals surface area contributed by atoms with Gasteiger partial charge in [0.1, 0.15) is 0 Å². The van der Waals surface area contributed by atoms with Crippen LogP contribution in [-0.2, 0) is 0 Å². The summed E-state index contributed by atoms with van der Waals surface area (Å²) >= 11 is 5.93. The number of hydrogen-bond donors (Lipinski definition) is 2. The largest absolute Gasteiger partial charge is 0.397 e. The lowest BCUT2D eigenvalue weighted by Crippen LogP contribution is -2.11. The van der Waals surface area contributed by atoms with Crippen LogP contribution in [0.25, 0.3) is 0 Å². The highest BCUT2D eigenvalue weighted by molar-refractivity contribution is 6.33. The highest BCUT2D eigenvalue weighted by Crippen LogP contribution is 2.28. The predicted octanol–water partition coefficient (Wildman–Crippen LogP) is 2.74. The molecule has 0 bridgehead atoms. The second-order valence-corrected chi connectivity index (χ2v) is 3.41. The lowest BCUT2D eigenvalue weighted by atomic mass is 10.2. The minimum Gasteiger partial charge on any atom is -0.397 e. The van der Waals surface area contributed by atoms with E-state index in [2.05, 4.69) is 5.32 Å². The summed E-state index contributed by atoms with van der Waals surface area (Å²) in [5.74, 6) is 0. The molecule has 12 heavy (non-hydrogen) atoms. The number of halogens is 1. The fourth-order valence-electron chi connectivity index (χ4n) is 0.982. The Bertz CT molecular complexity index is 251. The predicted molar refractivity (Wildman–Crippen MR) is 54.6 cm³/mol. The lowest BCUT2D eigenvalue weighted by Gasteiger charge is -2.13. The molecule has 3 N–H and O–H groups in total. The summed E-state index contributed by atoms with van der Waals surface area (Å²) in [5.41, 5.74) is 7.24. The van der Waals surface area contributed by atoms with Crippen molar-refractivity contribution in [2.75, 3.05) is 11.1 Å². The average molecular weight is 185 g/mol. The number of para-hydroxylation sites is 1. The Morgan fingerprint density at radius 2 is 2.08 bits per heavy atom. The van der Waals surface area contributed by atoms with E-state index in [1.807, 2.05) is 32.0 Å².